The number of aryl methyl sites for hydroxylation is 1. The lowest BCUT2D eigenvalue weighted by molar-refractivity contribution is -0.138. The third-order valence-corrected chi connectivity index (χ3v) is 4.98. The van der Waals surface area contributed by atoms with Crippen LogP contribution in [0.4, 0.5) is 13.2 Å². The molecule has 1 aromatic carbocycles. The highest BCUT2D eigenvalue weighted by molar-refractivity contribution is 5.93. The number of alkyl halides is 3. The molecule has 1 aromatic heterocycles. The van der Waals surface area contributed by atoms with Gasteiger partial charge in [-0.1, -0.05) is 18.2 Å². The van der Waals surface area contributed by atoms with Crippen molar-refractivity contribution in [3.8, 4) is 0 Å². The molecule has 0 aliphatic carbocycles. The zero-order valence-corrected chi connectivity index (χ0v) is 14.8. The minimum Gasteiger partial charge on any atom is -0.338 e. The molecule has 1 N–H and O–H groups in total. The summed E-state index contributed by atoms with van der Waals surface area (Å²) < 4.78 is 39.4. The smallest absolute Gasteiger partial charge is 0.338 e. The Bertz CT molecular complexity index is 840. The SMILES string of the molecule is O=C(c1ccc(=O)[nH]c1)N1CCCC(CCc2ccccc2C(F)(F)F)C1. The van der Waals surface area contributed by atoms with Gasteiger partial charge in [-0.25, -0.2) is 0 Å². The number of H-pyrrole nitrogens is 1. The molecule has 144 valence electrons. The number of rotatable bonds is 4. The molecular formula is C20H21F3N2O2. The average Bonchev–Trinajstić information content (AvgIpc) is 2.66. The number of aromatic nitrogens is 1. The summed E-state index contributed by atoms with van der Waals surface area (Å²) in [6.45, 7) is 1.14. The molecule has 4 nitrogen and oxygen atoms in total. The minimum absolute atomic E-state index is 0.159. The molecule has 1 aliphatic rings. The molecule has 2 heterocycles. The van der Waals surface area contributed by atoms with Gasteiger partial charge in [-0.2, -0.15) is 13.2 Å². The first-order valence-electron chi connectivity index (χ1n) is 8.97. The van der Waals surface area contributed by atoms with Gasteiger partial charge in [-0.05, 0) is 49.3 Å². The molecule has 1 unspecified atom stereocenters. The first-order valence-corrected chi connectivity index (χ1v) is 8.97. The highest BCUT2D eigenvalue weighted by Crippen LogP contribution is 2.33. The normalized spacial score (nSPS) is 17.7. The molecule has 0 spiro atoms. The van der Waals surface area contributed by atoms with Crippen molar-refractivity contribution < 1.29 is 18.0 Å². The molecule has 27 heavy (non-hydrogen) atoms. The van der Waals surface area contributed by atoms with E-state index in [1.165, 1.54) is 30.5 Å². The van der Waals surface area contributed by atoms with Gasteiger partial charge in [0.2, 0.25) is 5.56 Å². The van der Waals surface area contributed by atoms with Gasteiger partial charge >= 0.3 is 6.18 Å². The summed E-state index contributed by atoms with van der Waals surface area (Å²) in [4.78, 5) is 27.9. The number of piperidine rings is 1. The van der Waals surface area contributed by atoms with Crippen molar-refractivity contribution in [2.24, 2.45) is 5.92 Å². The second kappa shape index (κ2) is 7.98. The van der Waals surface area contributed by atoms with Crippen molar-refractivity contribution in [2.75, 3.05) is 13.1 Å². The molecule has 0 bridgehead atoms. The number of hydrogen-bond donors (Lipinski definition) is 1. The Labute approximate surface area is 155 Å². The van der Waals surface area contributed by atoms with E-state index in [9.17, 15) is 22.8 Å². The zero-order chi connectivity index (χ0) is 19.4. The number of carbonyl (C=O) groups is 1. The van der Waals surface area contributed by atoms with E-state index in [2.05, 4.69) is 4.98 Å². The number of pyridine rings is 1. The van der Waals surface area contributed by atoms with Crippen LogP contribution in [0, 0.1) is 5.92 Å². The van der Waals surface area contributed by atoms with Crippen LogP contribution in [0.5, 0.6) is 0 Å². The molecule has 1 amide bonds. The Kier molecular flexibility index (Phi) is 5.68. The first-order chi connectivity index (χ1) is 12.8. The van der Waals surface area contributed by atoms with Crippen LogP contribution < -0.4 is 5.56 Å². The number of nitrogens with zero attached hydrogens (tertiary/aromatic N) is 1. The fraction of sp³-hybridized carbons (Fsp3) is 0.400. The van der Waals surface area contributed by atoms with Crippen molar-refractivity contribution in [1.82, 2.24) is 9.88 Å². The number of amides is 1. The van der Waals surface area contributed by atoms with E-state index in [1.54, 1.807) is 11.0 Å². The summed E-state index contributed by atoms with van der Waals surface area (Å²) in [5.74, 6) is -0.00149. The Hall–Kier alpha value is -2.57. The summed E-state index contributed by atoms with van der Waals surface area (Å²) in [6.07, 6.45) is -0.308. The molecule has 1 saturated heterocycles. The van der Waals surface area contributed by atoms with Crippen LogP contribution in [0.1, 0.15) is 40.7 Å². The lowest BCUT2D eigenvalue weighted by Gasteiger charge is -2.33. The van der Waals surface area contributed by atoms with Gasteiger partial charge in [-0.15, -0.1) is 0 Å². The predicted molar refractivity (Wildman–Crippen MR) is 95.5 cm³/mol. The van der Waals surface area contributed by atoms with Gasteiger partial charge < -0.3 is 9.88 Å². The Morgan fingerprint density at radius 3 is 2.67 bits per heavy atom. The number of nitrogens with one attached hydrogen (secondary N) is 1. The number of halogens is 3. The second-order valence-electron chi connectivity index (χ2n) is 6.89. The topological polar surface area (TPSA) is 53.2 Å². The number of carbonyl (C=O) groups excluding carboxylic acids is 1. The molecule has 1 aliphatic heterocycles. The first kappa shape index (κ1) is 19.2. The van der Waals surface area contributed by atoms with Gasteiger partial charge in [0.05, 0.1) is 11.1 Å². The van der Waals surface area contributed by atoms with E-state index in [1.807, 2.05) is 0 Å². The Morgan fingerprint density at radius 1 is 1.19 bits per heavy atom. The van der Waals surface area contributed by atoms with Crippen LogP contribution in [0.2, 0.25) is 0 Å². The Morgan fingerprint density at radius 2 is 1.96 bits per heavy atom. The fourth-order valence-electron chi connectivity index (χ4n) is 3.59. The van der Waals surface area contributed by atoms with Crippen LogP contribution in [-0.2, 0) is 12.6 Å². The number of benzene rings is 1. The van der Waals surface area contributed by atoms with Crippen LogP contribution in [0.15, 0.2) is 47.4 Å². The fourth-order valence-corrected chi connectivity index (χ4v) is 3.59. The van der Waals surface area contributed by atoms with Crippen LogP contribution in [0.25, 0.3) is 0 Å². The number of aromatic amines is 1. The maximum Gasteiger partial charge on any atom is 0.416 e. The van der Waals surface area contributed by atoms with Crippen molar-refractivity contribution in [3.05, 3.63) is 69.6 Å². The van der Waals surface area contributed by atoms with E-state index >= 15 is 0 Å². The summed E-state index contributed by atoms with van der Waals surface area (Å²) in [5.41, 5.74) is -0.139. The van der Waals surface area contributed by atoms with Crippen molar-refractivity contribution in [1.29, 1.82) is 0 Å². The molecule has 3 rings (SSSR count). The van der Waals surface area contributed by atoms with Gasteiger partial charge in [0.15, 0.2) is 0 Å². The molecule has 2 aromatic rings. The maximum atomic E-state index is 13.1. The van der Waals surface area contributed by atoms with Gasteiger partial charge in [0.1, 0.15) is 0 Å². The van der Waals surface area contributed by atoms with Crippen LogP contribution >= 0.6 is 0 Å². The largest absolute Gasteiger partial charge is 0.416 e. The summed E-state index contributed by atoms with van der Waals surface area (Å²) in [7, 11) is 0. The highest BCUT2D eigenvalue weighted by atomic mass is 19.4. The van der Waals surface area contributed by atoms with E-state index < -0.39 is 11.7 Å². The maximum absolute atomic E-state index is 13.1. The third kappa shape index (κ3) is 4.78. The molecule has 0 radical (unpaired) electrons. The van der Waals surface area contributed by atoms with E-state index in [4.69, 9.17) is 0 Å². The van der Waals surface area contributed by atoms with Gasteiger partial charge in [0.25, 0.3) is 5.91 Å². The summed E-state index contributed by atoms with van der Waals surface area (Å²) >= 11 is 0. The van der Waals surface area contributed by atoms with E-state index in [-0.39, 0.29) is 17.4 Å². The van der Waals surface area contributed by atoms with Crippen LogP contribution in [-0.4, -0.2) is 28.9 Å². The molecule has 1 atom stereocenters. The standard InChI is InChI=1S/C20H21F3N2O2/c21-20(22,23)17-6-2-1-5-15(17)8-7-14-4-3-11-25(13-14)19(27)16-9-10-18(26)24-12-16/h1-2,5-6,9-10,12,14H,3-4,7-8,11,13H2,(H,24,26). The van der Waals surface area contributed by atoms with E-state index in [0.29, 0.717) is 37.1 Å². The van der Waals surface area contributed by atoms with Crippen LogP contribution in [0.3, 0.4) is 0 Å². The zero-order valence-electron chi connectivity index (χ0n) is 14.8. The quantitative estimate of drug-likeness (QED) is 0.878. The number of likely N-dealkylation sites (tertiary alicyclic amines) is 1. The predicted octanol–water partition coefficient (Wildman–Crippen LogP) is 3.88. The second-order valence-corrected chi connectivity index (χ2v) is 6.89. The van der Waals surface area contributed by atoms with Gasteiger partial charge in [0, 0.05) is 25.4 Å². The summed E-state index contributed by atoms with van der Waals surface area (Å²) in [5, 5.41) is 0. The van der Waals surface area contributed by atoms with Crippen molar-refractivity contribution in [3.63, 3.8) is 0 Å². The van der Waals surface area contributed by atoms with E-state index in [0.717, 1.165) is 18.9 Å². The highest BCUT2D eigenvalue weighted by Gasteiger charge is 2.33. The molecule has 0 saturated carbocycles. The molecule has 7 heteroatoms. The molecular weight excluding hydrogens is 357 g/mol. The van der Waals surface area contributed by atoms with Gasteiger partial charge in [-0.3, -0.25) is 9.59 Å². The van der Waals surface area contributed by atoms with Crippen molar-refractivity contribution >= 4 is 5.91 Å². The third-order valence-electron chi connectivity index (χ3n) is 4.98. The lowest BCUT2D eigenvalue weighted by atomic mass is 9.90. The molecule has 1 fully saturated rings. The lowest BCUT2D eigenvalue weighted by Crippen LogP contribution is -2.40. The average molecular weight is 378 g/mol. The van der Waals surface area contributed by atoms with Crippen molar-refractivity contribution in [2.45, 2.75) is 31.9 Å². The summed E-state index contributed by atoms with van der Waals surface area (Å²) in [6, 6.07) is 8.46. The minimum atomic E-state index is -4.35. The number of hydrogen-bond acceptors (Lipinski definition) is 2. The Balaban J connectivity index is 1.63. The monoisotopic (exact) mass is 378 g/mol.